The molecule has 2 aromatic heterocycles. The number of hydrogen-bond acceptors (Lipinski definition) is 5. The lowest BCUT2D eigenvalue weighted by Gasteiger charge is -2.11. The molecular formula is C13H15FN4O2S. The normalized spacial score (nSPS) is 11.0. The van der Waals surface area contributed by atoms with E-state index in [0.717, 1.165) is 18.0 Å². The Hall–Kier alpha value is -1.96. The molecule has 112 valence electrons. The second kappa shape index (κ2) is 6.66. The van der Waals surface area contributed by atoms with Crippen molar-refractivity contribution in [3.05, 3.63) is 24.3 Å². The highest BCUT2D eigenvalue weighted by molar-refractivity contribution is 7.99. The van der Waals surface area contributed by atoms with Crippen molar-refractivity contribution in [1.82, 2.24) is 19.7 Å². The summed E-state index contributed by atoms with van der Waals surface area (Å²) in [4.78, 5) is 14.5. The number of hydrogen-bond donors (Lipinski definition) is 1. The van der Waals surface area contributed by atoms with E-state index in [2.05, 4.69) is 15.2 Å². The van der Waals surface area contributed by atoms with Crippen LogP contribution >= 0.6 is 11.8 Å². The average molecular weight is 310 g/mol. The molecular weight excluding hydrogens is 295 g/mol. The molecule has 1 N–H and O–H groups in total. The maximum atomic E-state index is 13.3. The van der Waals surface area contributed by atoms with Crippen molar-refractivity contribution in [3.63, 3.8) is 0 Å². The molecule has 0 radical (unpaired) electrons. The number of pyridine rings is 1. The lowest BCUT2D eigenvalue weighted by molar-refractivity contribution is -0.133. The molecule has 0 aromatic carbocycles. The molecule has 0 spiro atoms. The van der Waals surface area contributed by atoms with E-state index in [1.54, 1.807) is 4.57 Å². The summed E-state index contributed by atoms with van der Waals surface area (Å²) in [5.41, 5.74) is 0.519. The van der Waals surface area contributed by atoms with E-state index in [9.17, 15) is 9.18 Å². The third kappa shape index (κ3) is 4.01. The Morgan fingerprint density at radius 1 is 1.43 bits per heavy atom. The minimum absolute atomic E-state index is 0.0996. The molecule has 0 atom stereocenters. The molecule has 2 aromatic rings. The summed E-state index contributed by atoms with van der Waals surface area (Å²) < 4.78 is 15.1. The van der Waals surface area contributed by atoms with Crippen LogP contribution in [0.5, 0.6) is 0 Å². The van der Waals surface area contributed by atoms with Crippen LogP contribution in [-0.2, 0) is 11.3 Å². The Morgan fingerprint density at radius 3 is 2.81 bits per heavy atom. The molecule has 0 bridgehead atoms. The van der Waals surface area contributed by atoms with Gasteiger partial charge >= 0.3 is 5.97 Å². The summed E-state index contributed by atoms with van der Waals surface area (Å²) in [6, 6.07) is 1.33. The van der Waals surface area contributed by atoms with Gasteiger partial charge in [0, 0.05) is 18.3 Å². The average Bonchev–Trinajstić information content (AvgIpc) is 2.78. The smallest absolute Gasteiger partial charge is 0.313 e. The summed E-state index contributed by atoms with van der Waals surface area (Å²) >= 11 is 1.09. The van der Waals surface area contributed by atoms with E-state index in [-0.39, 0.29) is 5.75 Å². The van der Waals surface area contributed by atoms with Crippen molar-refractivity contribution in [2.24, 2.45) is 5.92 Å². The topological polar surface area (TPSA) is 80.9 Å². The molecule has 6 nitrogen and oxygen atoms in total. The quantitative estimate of drug-likeness (QED) is 0.825. The number of nitrogens with zero attached hydrogens (tertiary/aromatic N) is 4. The minimum Gasteiger partial charge on any atom is -0.481 e. The number of halogens is 1. The minimum atomic E-state index is -0.923. The molecule has 0 aliphatic heterocycles. The Bertz CT molecular complexity index is 645. The van der Waals surface area contributed by atoms with Crippen LogP contribution in [0.4, 0.5) is 4.39 Å². The monoisotopic (exact) mass is 310 g/mol. The van der Waals surface area contributed by atoms with E-state index < -0.39 is 11.8 Å². The number of aromatic nitrogens is 4. The summed E-state index contributed by atoms with van der Waals surface area (Å²) in [7, 11) is 0. The van der Waals surface area contributed by atoms with Gasteiger partial charge in [-0.25, -0.2) is 4.39 Å². The lowest BCUT2D eigenvalue weighted by atomic mass is 10.2. The number of carboxylic acids is 1. The predicted octanol–water partition coefficient (Wildman–Crippen LogP) is 2.31. The van der Waals surface area contributed by atoms with Crippen LogP contribution in [-0.4, -0.2) is 36.6 Å². The van der Waals surface area contributed by atoms with Gasteiger partial charge in [0.2, 0.25) is 0 Å². The van der Waals surface area contributed by atoms with Crippen molar-refractivity contribution >= 4 is 17.7 Å². The van der Waals surface area contributed by atoms with Gasteiger partial charge in [-0.3, -0.25) is 9.78 Å². The van der Waals surface area contributed by atoms with E-state index in [1.807, 2.05) is 13.8 Å². The number of rotatable bonds is 6. The highest BCUT2D eigenvalue weighted by atomic mass is 32.2. The van der Waals surface area contributed by atoms with Crippen LogP contribution in [0.1, 0.15) is 13.8 Å². The first-order chi connectivity index (χ1) is 9.97. The standard InChI is InChI=1S/C13H15FN4O2S/c1-8(2)6-18-12(9-3-10(14)5-15-4-9)16-17-13(18)21-7-11(19)20/h3-5,8H,6-7H2,1-2H3,(H,19,20). The molecule has 0 saturated heterocycles. The van der Waals surface area contributed by atoms with Crippen molar-refractivity contribution in [3.8, 4) is 11.4 Å². The maximum absolute atomic E-state index is 13.3. The van der Waals surface area contributed by atoms with Gasteiger partial charge in [-0.1, -0.05) is 25.6 Å². The molecule has 8 heteroatoms. The molecule has 0 aliphatic rings. The van der Waals surface area contributed by atoms with Crippen LogP contribution in [0.3, 0.4) is 0 Å². The summed E-state index contributed by atoms with van der Waals surface area (Å²) in [5.74, 6) is -0.675. The van der Waals surface area contributed by atoms with E-state index in [0.29, 0.717) is 29.0 Å². The Labute approximate surface area is 125 Å². The molecule has 0 amide bonds. The SMILES string of the molecule is CC(C)Cn1c(SCC(=O)O)nnc1-c1cncc(F)c1. The zero-order valence-corrected chi connectivity index (χ0v) is 12.5. The first kappa shape index (κ1) is 15.4. The van der Waals surface area contributed by atoms with Crippen LogP contribution in [0.2, 0.25) is 0 Å². The molecule has 0 fully saturated rings. The van der Waals surface area contributed by atoms with Gasteiger partial charge < -0.3 is 9.67 Å². The van der Waals surface area contributed by atoms with Crippen molar-refractivity contribution in [2.45, 2.75) is 25.5 Å². The highest BCUT2D eigenvalue weighted by Gasteiger charge is 2.17. The Morgan fingerprint density at radius 2 is 2.19 bits per heavy atom. The van der Waals surface area contributed by atoms with E-state index in [1.165, 1.54) is 12.3 Å². The Balaban J connectivity index is 2.38. The fourth-order valence-corrected chi connectivity index (χ4v) is 2.47. The number of aliphatic carboxylic acids is 1. The van der Waals surface area contributed by atoms with Crippen molar-refractivity contribution < 1.29 is 14.3 Å². The van der Waals surface area contributed by atoms with Crippen molar-refractivity contribution in [1.29, 1.82) is 0 Å². The van der Waals surface area contributed by atoms with Gasteiger partial charge in [0.1, 0.15) is 5.82 Å². The van der Waals surface area contributed by atoms with Gasteiger partial charge in [0.05, 0.1) is 11.9 Å². The maximum Gasteiger partial charge on any atom is 0.313 e. The van der Waals surface area contributed by atoms with Gasteiger partial charge in [-0.05, 0) is 12.0 Å². The second-order valence-corrected chi connectivity index (χ2v) is 5.83. The summed E-state index contributed by atoms with van der Waals surface area (Å²) in [6.45, 7) is 4.67. The van der Waals surface area contributed by atoms with Gasteiger partial charge in [-0.15, -0.1) is 10.2 Å². The van der Waals surface area contributed by atoms with Crippen LogP contribution in [0.25, 0.3) is 11.4 Å². The predicted molar refractivity (Wildman–Crippen MR) is 76.4 cm³/mol. The number of thioether (sulfide) groups is 1. The fourth-order valence-electron chi connectivity index (χ4n) is 1.80. The first-order valence-electron chi connectivity index (χ1n) is 6.36. The highest BCUT2D eigenvalue weighted by Crippen LogP contribution is 2.25. The molecule has 0 aliphatic carbocycles. The number of carboxylic acid groups (broad SMARTS) is 1. The summed E-state index contributed by atoms with van der Waals surface area (Å²) in [6.07, 6.45) is 2.63. The fraction of sp³-hybridized carbons (Fsp3) is 0.385. The van der Waals surface area contributed by atoms with Crippen molar-refractivity contribution in [2.75, 3.05) is 5.75 Å². The van der Waals surface area contributed by atoms with Crippen LogP contribution < -0.4 is 0 Å². The molecule has 0 saturated carbocycles. The molecule has 21 heavy (non-hydrogen) atoms. The first-order valence-corrected chi connectivity index (χ1v) is 7.34. The van der Waals surface area contributed by atoms with Gasteiger partial charge in [0.25, 0.3) is 0 Å². The molecule has 0 unspecified atom stereocenters. The van der Waals surface area contributed by atoms with Gasteiger partial charge in [0.15, 0.2) is 11.0 Å². The lowest BCUT2D eigenvalue weighted by Crippen LogP contribution is -2.09. The van der Waals surface area contributed by atoms with Crippen LogP contribution in [0.15, 0.2) is 23.6 Å². The Kier molecular flexibility index (Phi) is 4.89. The number of carbonyl (C=O) groups is 1. The third-order valence-corrected chi connectivity index (χ3v) is 3.50. The van der Waals surface area contributed by atoms with E-state index >= 15 is 0 Å². The van der Waals surface area contributed by atoms with E-state index in [4.69, 9.17) is 5.11 Å². The zero-order valence-electron chi connectivity index (χ0n) is 11.7. The largest absolute Gasteiger partial charge is 0.481 e. The second-order valence-electron chi connectivity index (χ2n) is 4.88. The third-order valence-electron chi connectivity index (χ3n) is 2.55. The summed E-state index contributed by atoms with van der Waals surface area (Å²) in [5, 5.41) is 17.3. The molecule has 2 heterocycles. The zero-order chi connectivity index (χ0) is 15.4. The van der Waals surface area contributed by atoms with Crippen LogP contribution in [0, 0.1) is 11.7 Å². The van der Waals surface area contributed by atoms with Gasteiger partial charge in [-0.2, -0.15) is 0 Å². The molecule has 2 rings (SSSR count).